The summed E-state index contributed by atoms with van der Waals surface area (Å²) in [6.07, 6.45) is 3.30. The molecular weight excluding hydrogens is 178 g/mol. The van der Waals surface area contributed by atoms with Crippen LogP contribution in [0.3, 0.4) is 0 Å². The van der Waals surface area contributed by atoms with E-state index in [0.717, 1.165) is 25.8 Å². The molecule has 0 aromatic carbocycles. The van der Waals surface area contributed by atoms with Gasteiger partial charge in [-0.1, -0.05) is 13.8 Å². The predicted molar refractivity (Wildman–Crippen MR) is 57.3 cm³/mol. The largest absolute Gasteiger partial charge is 0.392 e. The molecule has 0 heterocycles. The minimum atomic E-state index is -0.198. The summed E-state index contributed by atoms with van der Waals surface area (Å²) in [7, 11) is 1.76. The van der Waals surface area contributed by atoms with Crippen molar-refractivity contribution in [1.82, 2.24) is 5.32 Å². The van der Waals surface area contributed by atoms with E-state index in [9.17, 15) is 5.11 Å². The normalized spacial score (nSPS) is 28.9. The maximum absolute atomic E-state index is 9.62. The van der Waals surface area contributed by atoms with E-state index in [1.165, 1.54) is 0 Å². The fourth-order valence-electron chi connectivity index (χ4n) is 1.85. The van der Waals surface area contributed by atoms with Crippen LogP contribution in [-0.4, -0.2) is 37.0 Å². The standard InChI is InChI=1S/C11H23NO2/c1-8(2)4-10(13)7-12-9-5-11(6-9)14-3/h8-13H,4-7H2,1-3H3. The van der Waals surface area contributed by atoms with Crippen LogP contribution >= 0.6 is 0 Å². The highest BCUT2D eigenvalue weighted by molar-refractivity contribution is 4.86. The second-order valence-electron chi connectivity index (χ2n) is 4.72. The topological polar surface area (TPSA) is 41.5 Å². The fourth-order valence-corrected chi connectivity index (χ4v) is 1.85. The van der Waals surface area contributed by atoms with E-state index in [0.29, 0.717) is 18.1 Å². The van der Waals surface area contributed by atoms with Crippen molar-refractivity contribution in [3.8, 4) is 0 Å². The Morgan fingerprint density at radius 2 is 2.07 bits per heavy atom. The molecular formula is C11H23NO2. The van der Waals surface area contributed by atoms with E-state index in [1.807, 2.05) is 0 Å². The summed E-state index contributed by atoms with van der Waals surface area (Å²) in [4.78, 5) is 0. The van der Waals surface area contributed by atoms with E-state index in [-0.39, 0.29) is 6.10 Å². The lowest BCUT2D eigenvalue weighted by Gasteiger charge is -2.35. The number of ether oxygens (including phenoxy) is 1. The first-order valence-corrected chi connectivity index (χ1v) is 5.56. The third kappa shape index (κ3) is 3.95. The first kappa shape index (κ1) is 12.0. The molecule has 1 saturated carbocycles. The lowest BCUT2D eigenvalue weighted by atomic mass is 9.89. The van der Waals surface area contributed by atoms with Gasteiger partial charge in [-0.25, -0.2) is 0 Å². The molecule has 1 aliphatic rings. The Balaban J connectivity index is 1.99. The van der Waals surface area contributed by atoms with Crippen molar-refractivity contribution >= 4 is 0 Å². The van der Waals surface area contributed by atoms with E-state index in [4.69, 9.17) is 4.74 Å². The van der Waals surface area contributed by atoms with E-state index < -0.39 is 0 Å². The van der Waals surface area contributed by atoms with Crippen LogP contribution in [0.15, 0.2) is 0 Å². The second-order valence-corrected chi connectivity index (χ2v) is 4.72. The molecule has 0 saturated heterocycles. The van der Waals surface area contributed by atoms with Crippen LogP contribution < -0.4 is 5.32 Å². The van der Waals surface area contributed by atoms with Gasteiger partial charge in [-0.2, -0.15) is 0 Å². The van der Waals surface area contributed by atoms with Crippen molar-refractivity contribution in [2.24, 2.45) is 5.92 Å². The lowest BCUT2D eigenvalue weighted by Crippen LogP contribution is -2.47. The molecule has 0 spiro atoms. The van der Waals surface area contributed by atoms with Crippen LogP contribution in [0.1, 0.15) is 33.1 Å². The van der Waals surface area contributed by atoms with Crippen LogP contribution in [0.5, 0.6) is 0 Å². The van der Waals surface area contributed by atoms with Crippen molar-refractivity contribution in [2.75, 3.05) is 13.7 Å². The van der Waals surface area contributed by atoms with E-state index in [1.54, 1.807) is 7.11 Å². The molecule has 0 aromatic heterocycles. The van der Waals surface area contributed by atoms with Gasteiger partial charge in [-0.05, 0) is 25.2 Å². The minimum absolute atomic E-state index is 0.198. The summed E-state index contributed by atoms with van der Waals surface area (Å²) in [6.45, 7) is 4.99. The van der Waals surface area contributed by atoms with Gasteiger partial charge in [0.25, 0.3) is 0 Å². The molecule has 1 rings (SSSR count). The van der Waals surface area contributed by atoms with Crippen LogP contribution in [0.25, 0.3) is 0 Å². The molecule has 3 nitrogen and oxygen atoms in total. The lowest BCUT2D eigenvalue weighted by molar-refractivity contribution is 0.0130. The Bertz CT molecular complexity index is 155. The van der Waals surface area contributed by atoms with Crippen LogP contribution in [0.2, 0.25) is 0 Å². The average Bonchev–Trinajstić information content (AvgIpc) is 2.00. The Hall–Kier alpha value is -0.120. The number of hydrogen-bond acceptors (Lipinski definition) is 3. The van der Waals surface area contributed by atoms with Gasteiger partial charge in [0.15, 0.2) is 0 Å². The second kappa shape index (κ2) is 5.69. The molecule has 0 radical (unpaired) electrons. The minimum Gasteiger partial charge on any atom is -0.392 e. The van der Waals surface area contributed by atoms with Crippen molar-refractivity contribution in [3.63, 3.8) is 0 Å². The van der Waals surface area contributed by atoms with Crippen molar-refractivity contribution in [3.05, 3.63) is 0 Å². The quantitative estimate of drug-likeness (QED) is 0.677. The molecule has 2 N–H and O–H groups in total. The summed E-state index contributed by atoms with van der Waals surface area (Å²) < 4.78 is 5.19. The number of aliphatic hydroxyl groups excluding tert-OH is 1. The highest BCUT2D eigenvalue weighted by Gasteiger charge is 2.28. The maximum Gasteiger partial charge on any atom is 0.0667 e. The Kier molecular flexibility index (Phi) is 4.85. The molecule has 1 unspecified atom stereocenters. The number of aliphatic hydroxyl groups is 1. The third-order valence-corrected chi connectivity index (χ3v) is 2.81. The molecule has 0 aliphatic heterocycles. The molecule has 1 aliphatic carbocycles. The van der Waals surface area contributed by atoms with Gasteiger partial charge in [-0.3, -0.25) is 0 Å². The van der Waals surface area contributed by atoms with Gasteiger partial charge in [-0.15, -0.1) is 0 Å². The fraction of sp³-hybridized carbons (Fsp3) is 1.00. The van der Waals surface area contributed by atoms with E-state index in [2.05, 4.69) is 19.2 Å². The monoisotopic (exact) mass is 201 g/mol. The SMILES string of the molecule is COC1CC(NCC(O)CC(C)C)C1. The number of hydrogen-bond donors (Lipinski definition) is 2. The Morgan fingerprint density at radius 1 is 1.43 bits per heavy atom. The molecule has 0 aromatic rings. The Morgan fingerprint density at radius 3 is 2.57 bits per heavy atom. The van der Waals surface area contributed by atoms with Gasteiger partial charge in [0.1, 0.15) is 0 Å². The number of methoxy groups -OCH3 is 1. The summed E-state index contributed by atoms with van der Waals surface area (Å²) in [6, 6.07) is 0.557. The van der Waals surface area contributed by atoms with Gasteiger partial charge in [0.2, 0.25) is 0 Å². The molecule has 1 atom stereocenters. The van der Waals surface area contributed by atoms with Crippen LogP contribution in [-0.2, 0) is 4.74 Å². The highest BCUT2D eigenvalue weighted by Crippen LogP contribution is 2.22. The summed E-state index contributed by atoms with van der Waals surface area (Å²) in [5.41, 5.74) is 0. The molecule has 14 heavy (non-hydrogen) atoms. The molecule has 3 heteroatoms. The first-order valence-electron chi connectivity index (χ1n) is 5.56. The van der Waals surface area contributed by atoms with E-state index >= 15 is 0 Å². The average molecular weight is 201 g/mol. The first-order chi connectivity index (χ1) is 6.61. The van der Waals surface area contributed by atoms with Crippen LogP contribution in [0.4, 0.5) is 0 Å². The van der Waals surface area contributed by atoms with Gasteiger partial charge >= 0.3 is 0 Å². The zero-order valence-corrected chi connectivity index (χ0v) is 9.49. The maximum atomic E-state index is 9.62. The predicted octanol–water partition coefficient (Wildman–Crippen LogP) is 1.16. The summed E-state index contributed by atoms with van der Waals surface area (Å²) in [5, 5.41) is 13.0. The van der Waals surface area contributed by atoms with Crippen molar-refractivity contribution in [2.45, 2.75) is 51.4 Å². The van der Waals surface area contributed by atoms with Crippen LogP contribution in [0, 0.1) is 5.92 Å². The zero-order chi connectivity index (χ0) is 10.6. The molecule has 0 bridgehead atoms. The van der Waals surface area contributed by atoms with Gasteiger partial charge in [0.05, 0.1) is 12.2 Å². The van der Waals surface area contributed by atoms with Crippen molar-refractivity contribution in [1.29, 1.82) is 0 Å². The summed E-state index contributed by atoms with van der Waals surface area (Å²) >= 11 is 0. The zero-order valence-electron chi connectivity index (χ0n) is 9.49. The summed E-state index contributed by atoms with van der Waals surface area (Å²) in [5.74, 6) is 0.569. The molecule has 0 amide bonds. The number of nitrogens with one attached hydrogen (secondary N) is 1. The third-order valence-electron chi connectivity index (χ3n) is 2.81. The molecule has 84 valence electrons. The van der Waals surface area contributed by atoms with Gasteiger partial charge in [0, 0.05) is 19.7 Å². The van der Waals surface area contributed by atoms with Crippen molar-refractivity contribution < 1.29 is 9.84 Å². The van der Waals surface area contributed by atoms with Gasteiger partial charge < -0.3 is 15.2 Å². The smallest absolute Gasteiger partial charge is 0.0667 e. The highest BCUT2D eigenvalue weighted by atomic mass is 16.5. The molecule has 1 fully saturated rings. The Labute approximate surface area is 86.8 Å². The number of rotatable bonds is 6.